The molecule has 2 unspecified atom stereocenters. The third-order valence-electron chi connectivity index (χ3n) is 5.48. The molecule has 128 valence electrons. The highest BCUT2D eigenvalue weighted by molar-refractivity contribution is 9.10. The number of hydrogen-bond donors (Lipinski definition) is 3. The largest absolute Gasteiger partial charge is 0.493 e. The first-order valence-corrected chi connectivity index (χ1v) is 8.95. The van der Waals surface area contributed by atoms with Gasteiger partial charge in [-0.15, -0.1) is 0 Å². The maximum Gasteiger partial charge on any atom is 0.292 e. The van der Waals surface area contributed by atoms with E-state index in [1.54, 1.807) is 0 Å². The molecule has 3 aromatic rings. The molecule has 6 nitrogen and oxygen atoms in total. The van der Waals surface area contributed by atoms with Crippen LogP contribution in [-0.4, -0.2) is 11.6 Å². The maximum absolute atomic E-state index is 6.99. The minimum Gasteiger partial charge on any atom is -0.493 e. The van der Waals surface area contributed by atoms with Crippen LogP contribution in [0.4, 0.5) is 6.01 Å². The molecule has 2 heterocycles. The van der Waals surface area contributed by atoms with Gasteiger partial charge in [-0.05, 0) is 41.8 Å². The van der Waals surface area contributed by atoms with Gasteiger partial charge in [0, 0.05) is 16.0 Å². The molecule has 0 spiro atoms. The third kappa shape index (κ3) is 1.94. The first-order chi connectivity index (χ1) is 12.0. The van der Waals surface area contributed by atoms with Crippen molar-refractivity contribution in [3.63, 3.8) is 0 Å². The van der Waals surface area contributed by atoms with Crippen molar-refractivity contribution < 1.29 is 9.15 Å². The number of halogens is 1. The first kappa shape index (κ1) is 15.2. The van der Waals surface area contributed by atoms with Gasteiger partial charge in [-0.3, -0.25) is 0 Å². The molecule has 6 N–H and O–H groups in total. The number of aromatic nitrogens is 1. The van der Waals surface area contributed by atoms with E-state index < -0.39 is 5.54 Å². The Labute approximate surface area is 152 Å². The van der Waals surface area contributed by atoms with Crippen molar-refractivity contribution in [3.8, 4) is 5.75 Å². The SMILES string of the molecule is Nc1nc2cc([C@]3(N)C(N)c4cc(Br)cc5c4C3CCO5)ccc2o1. The van der Waals surface area contributed by atoms with Gasteiger partial charge in [0.2, 0.25) is 0 Å². The molecular formula is C18H17BrN4O2. The second kappa shape index (κ2) is 4.97. The number of oxazole rings is 1. The van der Waals surface area contributed by atoms with E-state index in [1.807, 2.05) is 30.3 Å². The van der Waals surface area contributed by atoms with Crippen molar-refractivity contribution in [2.45, 2.75) is 23.9 Å². The topological polar surface area (TPSA) is 113 Å². The van der Waals surface area contributed by atoms with Crippen LogP contribution in [0.5, 0.6) is 5.75 Å². The Hall–Kier alpha value is -2.09. The fraction of sp³-hybridized carbons (Fsp3) is 0.278. The zero-order chi connectivity index (χ0) is 17.3. The normalized spacial score (nSPS) is 27.3. The Morgan fingerprint density at radius 3 is 2.92 bits per heavy atom. The lowest BCUT2D eigenvalue weighted by Crippen LogP contribution is -2.47. The number of fused-ring (bicyclic) bond motifs is 1. The summed E-state index contributed by atoms with van der Waals surface area (Å²) in [6.45, 7) is 0.623. The molecule has 2 aromatic carbocycles. The van der Waals surface area contributed by atoms with E-state index in [1.165, 1.54) is 0 Å². The van der Waals surface area contributed by atoms with Gasteiger partial charge in [0.15, 0.2) is 5.58 Å². The van der Waals surface area contributed by atoms with E-state index >= 15 is 0 Å². The summed E-state index contributed by atoms with van der Waals surface area (Å²) >= 11 is 3.54. The van der Waals surface area contributed by atoms with Crippen LogP contribution in [0.2, 0.25) is 0 Å². The van der Waals surface area contributed by atoms with Crippen LogP contribution in [0.25, 0.3) is 11.1 Å². The maximum atomic E-state index is 6.99. The lowest BCUT2D eigenvalue weighted by Gasteiger charge is -2.37. The number of anilines is 1. The van der Waals surface area contributed by atoms with E-state index in [9.17, 15) is 0 Å². The number of nitrogens with zero attached hydrogens (tertiary/aromatic N) is 1. The molecular weight excluding hydrogens is 384 g/mol. The van der Waals surface area contributed by atoms with Gasteiger partial charge in [-0.25, -0.2) is 0 Å². The number of benzene rings is 2. The molecule has 1 aliphatic carbocycles. The second-order valence-electron chi connectivity index (χ2n) is 6.74. The van der Waals surface area contributed by atoms with E-state index in [0.717, 1.165) is 33.3 Å². The first-order valence-electron chi connectivity index (χ1n) is 8.15. The van der Waals surface area contributed by atoms with Crippen molar-refractivity contribution in [2.75, 3.05) is 12.3 Å². The Bertz CT molecular complexity index is 1020. The van der Waals surface area contributed by atoms with Crippen LogP contribution < -0.4 is 21.9 Å². The fourth-order valence-electron chi connectivity index (χ4n) is 4.34. The van der Waals surface area contributed by atoms with Crippen LogP contribution in [0.1, 0.15) is 35.1 Å². The average Bonchev–Trinajstić information content (AvgIpc) is 3.06. The molecule has 5 rings (SSSR count). The summed E-state index contributed by atoms with van der Waals surface area (Å²) in [7, 11) is 0. The van der Waals surface area contributed by atoms with Crippen molar-refractivity contribution in [2.24, 2.45) is 11.5 Å². The molecule has 0 bridgehead atoms. The van der Waals surface area contributed by atoms with Crippen LogP contribution in [-0.2, 0) is 5.54 Å². The molecule has 0 saturated heterocycles. The monoisotopic (exact) mass is 400 g/mol. The van der Waals surface area contributed by atoms with Crippen molar-refractivity contribution >= 4 is 33.0 Å². The Balaban J connectivity index is 1.73. The van der Waals surface area contributed by atoms with Crippen molar-refractivity contribution in [1.82, 2.24) is 4.98 Å². The van der Waals surface area contributed by atoms with Gasteiger partial charge in [0.05, 0.1) is 18.2 Å². The highest BCUT2D eigenvalue weighted by atomic mass is 79.9. The number of ether oxygens (including phenoxy) is 1. The smallest absolute Gasteiger partial charge is 0.292 e. The van der Waals surface area contributed by atoms with Gasteiger partial charge in [-0.2, -0.15) is 4.98 Å². The summed E-state index contributed by atoms with van der Waals surface area (Å²) in [6.07, 6.45) is 0.824. The van der Waals surface area contributed by atoms with Gasteiger partial charge >= 0.3 is 0 Å². The van der Waals surface area contributed by atoms with Crippen LogP contribution in [0.3, 0.4) is 0 Å². The average molecular weight is 401 g/mol. The second-order valence-corrected chi connectivity index (χ2v) is 7.66. The van der Waals surface area contributed by atoms with Crippen molar-refractivity contribution in [1.29, 1.82) is 0 Å². The Morgan fingerprint density at radius 2 is 2.08 bits per heavy atom. The summed E-state index contributed by atoms with van der Waals surface area (Å²) in [5.74, 6) is 0.964. The van der Waals surface area contributed by atoms with E-state index in [0.29, 0.717) is 17.7 Å². The molecule has 25 heavy (non-hydrogen) atoms. The lowest BCUT2D eigenvalue weighted by molar-refractivity contribution is 0.221. The number of hydrogen-bond acceptors (Lipinski definition) is 6. The zero-order valence-corrected chi connectivity index (χ0v) is 14.9. The molecule has 0 saturated carbocycles. The molecule has 0 radical (unpaired) electrons. The van der Waals surface area contributed by atoms with E-state index in [4.69, 9.17) is 26.4 Å². The predicted molar refractivity (Wildman–Crippen MR) is 98.2 cm³/mol. The third-order valence-corrected chi connectivity index (χ3v) is 5.94. The molecule has 0 fully saturated rings. The molecule has 0 amide bonds. The standard InChI is InChI=1S/C18H17BrN4O2/c19-9-6-10-15-11(3-4-24-14(15)7-9)18(22,16(10)20)8-1-2-13-12(5-8)23-17(21)25-13/h1-2,5-7,11,16H,3-4,20,22H2,(H2,21,23)/t11?,16?,18-/m1/s1. The summed E-state index contributed by atoms with van der Waals surface area (Å²) in [5, 5.41) is 0. The number of nitrogens with two attached hydrogens (primary N) is 3. The van der Waals surface area contributed by atoms with E-state index in [2.05, 4.69) is 20.9 Å². The minimum atomic E-state index is -0.733. The van der Waals surface area contributed by atoms with Gasteiger partial charge < -0.3 is 26.4 Å². The van der Waals surface area contributed by atoms with Gasteiger partial charge in [0.25, 0.3) is 6.01 Å². The predicted octanol–water partition coefficient (Wildman–Crippen LogP) is 2.91. The lowest BCUT2D eigenvalue weighted by atomic mass is 9.75. The van der Waals surface area contributed by atoms with Crippen LogP contribution in [0, 0.1) is 0 Å². The molecule has 2 aliphatic rings. The summed E-state index contributed by atoms with van der Waals surface area (Å²) in [4.78, 5) is 4.23. The Kier molecular flexibility index (Phi) is 3.02. The summed E-state index contributed by atoms with van der Waals surface area (Å²) in [6, 6.07) is 9.60. The van der Waals surface area contributed by atoms with Crippen molar-refractivity contribution in [3.05, 3.63) is 51.5 Å². The highest BCUT2D eigenvalue weighted by Crippen LogP contribution is 2.57. The van der Waals surface area contributed by atoms with Gasteiger partial charge in [-0.1, -0.05) is 22.0 Å². The van der Waals surface area contributed by atoms with Gasteiger partial charge in [0.1, 0.15) is 11.3 Å². The van der Waals surface area contributed by atoms with E-state index in [-0.39, 0.29) is 18.0 Å². The zero-order valence-electron chi connectivity index (χ0n) is 13.3. The number of rotatable bonds is 1. The summed E-state index contributed by atoms with van der Waals surface area (Å²) in [5.41, 5.74) is 23.0. The molecule has 7 heteroatoms. The Morgan fingerprint density at radius 1 is 1.24 bits per heavy atom. The molecule has 1 aliphatic heterocycles. The highest BCUT2D eigenvalue weighted by Gasteiger charge is 2.53. The van der Waals surface area contributed by atoms with Crippen LogP contribution in [0.15, 0.2) is 39.2 Å². The number of nitrogen functional groups attached to an aromatic ring is 1. The quantitative estimate of drug-likeness (QED) is 0.578. The van der Waals surface area contributed by atoms with Crippen LogP contribution >= 0.6 is 15.9 Å². The minimum absolute atomic E-state index is 0.0936. The fourth-order valence-corrected chi connectivity index (χ4v) is 4.80. The molecule has 1 aromatic heterocycles. The molecule has 3 atom stereocenters. The summed E-state index contributed by atoms with van der Waals surface area (Å²) < 4.78 is 12.2.